The molecule has 0 bridgehead atoms. The summed E-state index contributed by atoms with van der Waals surface area (Å²) in [5.74, 6) is 1.76. The Morgan fingerprint density at radius 2 is 2.13 bits per heavy atom. The van der Waals surface area contributed by atoms with Crippen molar-refractivity contribution in [2.45, 2.75) is 57.9 Å². The molecule has 3 heteroatoms. The van der Waals surface area contributed by atoms with Crippen LogP contribution in [0.3, 0.4) is 0 Å². The molecule has 2 rings (SSSR count). The fraction of sp³-hybridized carbons (Fsp3) is 0.750. The van der Waals surface area contributed by atoms with Gasteiger partial charge < -0.3 is 10.7 Å². The standard InChI is InChI=1S/C12H21N3/c1-8(13)7-11-14-9(2)12(15-11)10-5-3-4-6-10/h8,10H,3-7,13H2,1-2H3,(H,14,15). The van der Waals surface area contributed by atoms with Crippen molar-refractivity contribution in [3.05, 3.63) is 17.2 Å². The van der Waals surface area contributed by atoms with E-state index in [1.54, 1.807) is 0 Å². The van der Waals surface area contributed by atoms with Crippen LogP contribution in [-0.4, -0.2) is 16.0 Å². The van der Waals surface area contributed by atoms with E-state index in [1.165, 1.54) is 37.1 Å². The van der Waals surface area contributed by atoms with Crippen LogP contribution >= 0.6 is 0 Å². The van der Waals surface area contributed by atoms with E-state index in [4.69, 9.17) is 10.7 Å². The minimum Gasteiger partial charge on any atom is -0.346 e. The fourth-order valence-electron chi connectivity index (χ4n) is 2.54. The number of nitrogens with zero attached hydrogens (tertiary/aromatic N) is 1. The Bertz CT molecular complexity index is 322. The normalized spacial score (nSPS) is 19.7. The van der Waals surface area contributed by atoms with Crippen molar-refractivity contribution < 1.29 is 0 Å². The zero-order valence-electron chi connectivity index (χ0n) is 9.71. The molecule has 3 N–H and O–H groups in total. The molecule has 1 saturated carbocycles. The van der Waals surface area contributed by atoms with Crippen LogP contribution in [0.4, 0.5) is 0 Å². The highest BCUT2D eigenvalue weighted by Gasteiger charge is 2.21. The third-order valence-electron chi connectivity index (χ3n) is 3.23. The van der Waals surface area contributed by atoms with Crippen LogP contribution < -0.4 is 5.73 Å². The molecule has 0 spiro atoms. The fourth-order valence-corrected chi connectivity index (χ4v) is 2.54. The molecule has 0 radical (unpaired) electrons. The van der Waals surface area contributed by atoms with Crippen LogP contribution in [0.15, 0.2) is 0 Å². The summed E-state index contributed by atoms with van der Waals surface area (Å²) in [6.45, 7) is 4.15. The predicted octanol–water partition coefficient (Wildman–Crippen LogP) is 2.27. The number of hydrogen-bond donors (Lipinski definition) is 2. The highest BCUT2D eigenvalue weighted by Crippen LogP contribution is 2.34. The van der Waals surface area contributed by atoms with Gasteiger partial charge >= 0.3 is 0 Å². The molecule has 1 aliphatic rings. The van der Waals surface area contributed by atoms with E-state index in [9.17, 15) is 0 Å². The van der Waals surface area contributed by atoms with Gasteiger partial charge in [-0.1, -0.05) is 12.8 Å². The molecule has 1 atom stereocenters. The lowest BCUT2D eigenvalue weighted by molar-refractivity contribution is 0.681. The van der Waals surface area contributed by atoms with E-state index in [-0.39, 0.29) is 6.04 Å². The smallest absolute Gasteiger partial charge is 0.108 e. The summed E-state index contributed by atoms with van der Waals surface area (Å²) >= 11 is 0. The first-order valence-electron chi connectivity index (χ1n) is 5.97. The highest BCUT2D eigenvalue weighted by atomic mass is 14.9. The predicted molar refractivity (Wildman–Crippen MR) is 61.9 cm³/mol. The van der Waals surface area contributed by atoms with E-state index in [0.717, 1.165) is 12.2 Å². The summed E-state index contributed by atoms with van der Waals surface area (Å²) in [5.41, 5.74) is 8.32. The van der Waals surface area contributed by atoms with Gasteiger partial charge in [-0.2, -0.15) is 0 Å². The maximum Gasteiger partial charge on any atom is 0.108 e. The minimum absolute atomic E-state index is 0.187. The van der Waals surface area contributed by atoms with Crippen molar-refractivity contribution in [3.8, 4) is 0 Å². The van der Waals surface area contributed by atoms with E-state index < -0.39 is 0 Å². The molecule has 1 heterocycles. The highest BCUT2D eigenvalue weighted by molar-refractivity contribution is 5.19. The number of aromatic amines is 1. The monoisotopic (exact) mass is 207 g/mol. The molecule has 1 fully saturated rings. The average Bonchev–Trinajstić information content (AvgIpc) is 2.72. The second-order valence-electron chi connectivity index (χ2n) is 4.86. The van der Waals surface area contributed by atoms with Crippen LogP contribution in [0, 0.1) is 6.92 Å². The first-order chi connectivity index (χ1) is 7.16. The second-order valence-corrected chi connectivity index (χ2v) is 4.86. The topological polar surface area (TPSA) is 54.7 Å². The molecule has 0 aliphatic heterocycles. The van der Waals surface area contributed by atoms with Gasteiger partial charge in [0, 0.05) is 24.1 Å². The van der Waals surface area contributed by atoms with Crippen molar-refractivity contribution in [2.24, 2.45) is 5.73 Å². The third kappa shape index (κ3) is 2.40. The summed E-state index contributed by atoms with van der Waals surface area (Å²) in [7, 11) is 0. The van der Waals surface area contributed by atoms with Gasteiger partial charge in [0.1, 0.15) is 5.82 Å². The number of nitrogens with one attached hydrogen (secondary N) is 1. The lowest BCUT2D eigenvalue weighted by Gasteiger charge is -2.05. The van der Waals surface area contributed by atoms with E-state index in [1.807, 2.05) is 6.92 Å². The molecule has 84 valence electrons. The number of imidazole rings is 1. The van der Waals surface area contributed by atoms with E-state index in [0.29, 0.717) is 5.92 Å². The molecule has 1 unspecified atom stereocenters. The summed E-state index contributed by atoms with van der Waals surface area (Å²) in [4.78, 5) is 8.06. The van der Waals surface area contributed by atoms with Crippen LogP contribution in [-0.2, 0) is 6.42 Å². The Kier molecular flexibility index (Phi) is 3.10. The molecular weight excluding hydrogens is 186 g/mol. The number of nitrogens with two attached hydrogens (primary N) is 1. The van der Waals surface area contributed by atoms with Gasteiger partial charge in [0.05, 0.1) is 5.69 Å². The van der Waals surface area contributed by atoms with Crippen LogP contribution in [0.25, 0.3) is 0 Å². The Morgan fingerprint density at radius 3 is 2.73 bits per heavy atom. The average molecular weight is 207 g/mol. The van der Waals surface area contributed by atoms with Crippen LogP contribution in [0.2, 0.25) is 0 Å². The summed E-state index contributed by atoms with van der Waals surface area (Å²) in [6, 6.07) is 0.187. The summed E-state index contributed by atoms with van der Waals surface area (Å²) in [5, 5.41) is 0. The molecule has 0 saturated heterocycles. The molecule has 3 nitrogen and oxygen atoms in total. The van der Waals surface area contributed by atoms with Crippen molar-refractivity contribution in [3.63, 3.8) is 0 Å². The van der Waals surface area contributed by atoms with E-state index >= 15 is 0 Å². The molecule has 0 aromatic carbocycles. The van der Waals surface area contributed by atoms with Gasteiger partial charge in [0.15, 0.2) is 0 Å². The third-order valence-corrected chi connectivity index (χ3v) is 3.23. The van der Waals surface area contributed by atoms with Crippen molar-refractivity contribution in [2.75, 3.05) is 0 Å². The van der Waals surface area contributed by atoms with Gasteiger partial charge in [-0.25, -0.2) is 4.98 Å². The van der Waals surface area contributed by atoms with Crippen molar-refractivity contribution in [1.82, 2.24) is 9.97 Å². The first-order valence-corrected chi connectivity index (χ1v) is 5.97. The first kappa shape index (κ1) is 10.7. The van der Waals surface area contributed by atoms with Crippen molar-refractivity contribution >= 4 is 0 Å². The number of hydrogen-bond acceptors (Lipinski definition) is 2. The zero-order chi connectivity index (χ0) is 10.8. The van der Waals surface area contributed by atoms with Crippen LogP contribution in [0.5, 0.6) is 0 Å². The molecular formula is C12H21N3. The molecule has 0 amide bonds. The summed E-state index contributed by atoms with van der Waals surface area (Å²) in [6.07, 6.45) is 6.19. The zero-order valence-corrected chi connectivity index (χ0v) is 9.71. The Balaban J connectivity index is 2.13. The largest absolute Gasteiger partial charge is 0.346 e. The maximum absolute atomic E-state index is 5.78. The second kappa shape index (κ2) is 4.35. The molecule has 1 aromatic heterocycles. The lowest BCUT2D eigenvalue weighted by atomic mass is 10.0. The Hall–Kier alpha value is -0.830. The van der Waals surface area contributed by atoms with Gasteiger partial charge in [0.2, 0.25) is 0 Å². The molecule has 1 aliphatic carbocycles. The van der Waals surface area contributed by atoms with Crippen LogP contribution in [0.1, 0.15) is 55.7 Å². The maximum atomic E-state index is 5.78. The quantitative estimate of drug-likeness (QED) is 0.798. The Morgan fingerprint density at radius 1 is 1.47 bits per heavy atom. The van der Waals surface area contributed by atoms with Crippen molar-refractivity contribution in [1.29, 1.82) is 0 Å². The van der Waals surface area contributed by atoms with Gasteiger partial charge in [-0.15, -0.1) is 0 Å². The minimum atomic E-state index is 0.187. The SMILES string of the molecule is Cc1[nH]c(CC(C)N)nc1C1CCCC1. The molecule has 1 aromatic rings. The number of aryl methyl sites for hydroxylation is 1. The Labute approximate surface area is 91.5 Å². The number of aromatic nitrogens is 2. The summed E-state index contributed by atoms with van der Waals surface area (Å²) < 4.78 is 0. The van der Waals surface area contributed by atoms with E-state index in [2.05, 4.69) is 11.9 Å². The lowest BCUT2D eigenvalue weighted by Crippen LogP contribution is -2.18. The van der Waals surface area contributed by atoms with Gasteiger partial charge in [0.25, 0.3) is 0 Å². The van der Waals surface area contributed by atoms with Gasteiger partial charge in [-0.05, 0) is 26.7 Å². The molecule has 15 heavy (non-hydrogen) atoms. The number of rotatable bonds is 3. The number of H-pyrrole nitrogens is 1. The van der Waals surface area contributed by atoms with Gasteiger partial charge in [-0.3, -0.25) is 0 Å².